The molecule has 1 aliphatic heterocycles. The molecule has 0 aliphatic carbocycles. The van der Waals surface area contributed by atoms with Crippen molar-refractivity contribution in [1.82, 2.24) is 4.90 Å². The molecule has 94 valence electrons. The average Bonchev–Trinajstić information content (AvgIpc) is 2.31. The minimum absolute atomic E-state index is 0.0131. The fourth-order valence-corrected chi connectivity index (χ4v) is 3.11. The summed E-state index contributed by atoms with van der Waals surface area (Å²) in [5.74, 6) is 0.225. The van der Waals surface area contributed by atoms with Gasteiger partial charge in [0.1, 0.15) is 0 Å². The van der Waals surface area contributed by atoms with Crippen LogP contribution in [-0.2, 0) is 9.22 Å². The van der Waals surface area contributed by atoms with Gasteiger partial charge in [-0.2, -0.15) is 0 Å². The Kier molecular flexibility index (Phi) is 3.55. The van der Waals surface area contributed by atoms with Crippen molar-refractivity contribution in [3.8, 4) is 0 Å². The van der Waals surface area contributed by atoms with E-state index in [1.165, 1.54) is 0 Å². The second kappa shape index (κ2) is 4.15. The molecule has 16 heavy (non-hydrogen) atoms. The third kappa shape index (κ3) is 2.48. The summed E-state index contributed by atoms with van der Waals surface area (Å²) in [6.45, 7) is 13.9. The predicted octanol–water partition coefficient (Wildman–Crippen LogP) is 2.48. The maximum Gasteiger partial charge on any atom is 0.227 e. The molecular weight excluding hydrogens is 218 g/mol. The zero-order chi connectivity index (χ0) is 12.7. The van der Waals surface area contributed by atoms with Crippen LogP contribution in [0.5, 0.6) is 0 Å². The van der Waals surface area contributed by atoms with E-state index in [2.05, 4.69) is 33.9 Å². The van der Waals surface area contributed by atoms with Crippen LogP contribution in [0.15, 0.2) is 0 Å². The largest absolute Gasteiger partial charge is 0.411 e. The van der Waals surface area contributed by atoms with Gasteiger partial charge in [0.05, 0.1) is 12.0 Å². The molecule has 0 saturated carbocycles. The van der Waals surface area contributed by atoms with E-state index in [0.717, 1.165) is 6.54 Å². The molecule has 3 nitrogen and oxygen atoms in total. The van der Waals surface area contributed by atoms with Gasteiger partial charge in [0.2, 0.25) is 5.91 Å². The second-order valence-electron chi connectivity index (χ2n) is 6.42. The predicted molar refractivity (Wildman–Crippen MR) is 68.9 cm³/mol. The number of carbonyl (C=O) groups is 1. The van der Waals surface area contributed by atoms with Crippen LogP contribution in [0.2, 0.25) is 18.1 Å². The highest BCUT2D eigenvalue weighted by molar-refractivity contribution is 6.74. The molecule has 0 bridgehead atoms. The van der Waals surface area contributed by atoms with Crippen LogP contribution in [0.25, 0.3) is 0 Å². The van der Waals surface area contributed by atoms with E-state index in [1.54, 1.807) is 4.90 Å². The van der Waals surface area contributed by atoms with E-state index in [0.29, 0.717) is 0 Å². The van der Waals surface area contributed by atoms with Gasteiger partial charge in [0, 0.05) is 13.6 Å². The lowest BCUT2D eigenvalue weighted by Gasteiger charge is -2.38. The zero-order valence-corrected chi connectivity index (χ0v) is 12.6. The van der Waals surface area contributed by atoms with Crippen molar-refractivity contribution >= 4 is 14.2 Å². The first-order valence-corrected chi connectivity index (χ1v) is 8.90. The molecule has 1 rings (SSSR count). The van der Waals surface area contributed by atoms with Gasteiger partial charge in [0.25, 0.3) is 0 Å². The molecule has 0 aromatic heterocycles. The summed E-state index contributed by atoms with van der Waals surface area (Å²) < 4.78 is 6.29. The Morgan fingerprint density at radius 2 is 1.88 bits per heavy atom. The molecule has 4 heteroatoms. The number of rotatable bonds is 2. The van der Waals surface area contributed by atoms with Crippen molar-refractivity contribution in [2.75, 3.05) is 13.6 Å². The topological polar surface area (TPSA) is 29.5 Å². The Labute approximate surface area is 100 Å². The lowest BCUT2D eigenvalue weighted by molar-refractivity contribution is -0.129. The Balaban J connectivity index is 2.73. The minimum atomic E-state index is -1.75. The van der Waals surface area contributed by atoms with Gasteiger partial charge in [-0.3, -0.25) is 4.79 Å². The van der Waals surface area contributed by atoms with Crippen molar-refractivity contribution in [2.45, 2.75) is 51.9 Å². The van der Waals surface area contributed by atoms with Crippen molar-refractivity contribution in [2.24, 2.45) is 5.92 Å². The van der Waals surface area contributed by atoms with Gasteiger partial charge < -0.3 is 9.33 Å². The maximum atomic E-state index is 11.7. The van der Waals surface area contributed by atoms with E-state index in [1.807, 2.05) is 14.0 Å². The normalized spacial score (nSPS) is 27.7. The fraction of sp³-hybridized carbons (Fsp3) is 0.917. The van der Waals surface area contributed by atoms with Gasteiger partial charge in [-0.15, -0.1) is 0 Å². The first kappa shape index (κ1) is 13.7. The van der Waals surface area contributed by atoms with Crippen LogP contribution in [0.4, 0.5) is 0 Å². The molecule has 1 heterocycles. The van der Waals surface area contributed by atoms with Crippen LogP contribution in [0.1, 0.15) is 27.7 Å². The summed E-state index contributed by atoms with van der Waals surface area (Å²) >= 11 is 0. The van der Waals surface area contributed by atoms with Crippen LogP contribution in [-0.4, -0.2) is 38.8 Å². The molecule has 0 radical (unpaired) electrons. The van der Waals surface area contributed by atoms with Gasteiger partial charge in [-0.05, 0) is 18.1 Å². The molecule has 0 N–H and O–H groups in total. The molecule has 0 spiro atoms. The number of amides is 1. The number of carbonyl (C=O) groups excluding carboxylic acids is 1. The van der Waals surface area contributed by atoms with Gasteiger partial charge >= 0.3 is 0 Å². The number of hydrogen-bond donors (Lipinski definition) is 0. The monoisotopic (exact) mass is 243 g/mol. The first-order valence-electron chi connectivity index (χ1n) is 5.99. The first-order chi connectivity index (χ1) is 7.06. The highest BCUT2D eigenvalue weighted by atomic mass is 28.4. The highest BCUT2D eigenvalue weighted by Crippen LogP contribution is 2.39. The molecular formula is C12H25NO2Si. The van der Waals surface area contributed by atoms with Crippen LogP contribution < -0.4 is 0 Å². The zero-order valence-electron chi connectivity index (χ0n) is 11.6. The number of hydrogen-bond acceptors (Lipinski definition) is 2. The van der Waals surface area contributed by atoms with E-state index >= 15 is 0 Å². The van der Waals surface area contributed by atoms with Crippen LogP contribution >= 0.6 is 0 Å². The molecule has 1 amide bonds. The molecule has 2 unspecified atom stereocenters. The fourth-order valence-electron chi connectivity index (χ4n) is 1.72. The van der Waals surface area contributed by atoms with Gasteiger partial charge in [0.15, 0.2) is 8.32 Å². The Bertz CT molecular complexity index is 283. The standard InChI is InChI=1S/C12H25NO2Si/c1-9-10(8-13(5)11(9)14)15-16(6,7)12(2,3)4/h9-10H,8H2,1-7H3. The molecule has 2 atom stereocenters. The smallest absolute Gasteiger partial charge is 0.227 e. The molecule has 1 saturated heterocycles. The van der Waals surface area contributed by atoms with E-state index in [4.69, 9.17) is 4.43 Å². The number of nitrogens with zero attached hydrogens (tertiary/aromatic N) is 1. The highest BCUT2D eigenvalue weighted by Gasteiger charge is 2.44. The summed E-state index contributed by atoms with van der Waals surface area (Å²) in [6.07, 6.45) is 0.0818. The van der Waals surface area contributed by atoms with E-state index < -0.39 is 8.32 Å². The van der Waals surface area contributed by atoms with Crippen LogP contribution in [0.3, 0.4) is 0 Å². The number of likely N-dealkylation sites (tertiary alicyclic amines) is 1. The second-order valence-corrected chi connectivity index (χ2v) is 11.2. The summed E-state index contributed by atoms with van der Waals surface area (Å²) in [5, 5.41) is 0.205. The Hall–Kier alpha value is -0.353. The van der Waals surface area contributed by atoms with Crippen LogP contribution in [0, 0.1) is 5.92 Å². The summed E-state index contributed by atoms with van der Waals surface area (Å²) in [5.41, 5.74) is 0. The molecule has 1 aliphatic rings. The third-order valence-electron chi connectivity index (χ3n) is 4.03. The van der Waals surface area contributed by atoms with Gasteiger partial charge in [-0.1, -0.05) is 27.7 Å². The Morgan fingerprint density at radius 1 is 1.38 bits per heavy atom. The van der Waals surface area contributed by atoms with Gasteiger partial charge in [-0.25, -0.2) is 0 Å². The number of likely N-dealkylation sites (N-methyl/N-ethyl adjacent to an activating group) is 1. The quantitative estimate of drug-likeness (QED) is 0.697. The van der Waals surface area contributed by atoms with Crippen molar-refractivity contribution in [3.05, 3.63) is 0 Å². The summed E-state index contributed by atoms with van der Waals surface area (Å²) in [6, 6.07) is 0. The average molecular weight is 243 g/mol. The molecule has 0 aromatic carbocycles. The van der Waals surface area contributed by atoms with Crippen molar-refractivity contribution < 1.29 is 9.22 Å². The lowest BCUT2D eigenvalue weighted by atomic mass is 10.1. The Morgan fingerprint density at radius 3 is 2.19 bits per heavy atom. The molecule has 1 fully saturated rings. The third-order valence-corrected chi connectivity index (χ3v) is 8.53. The van der Waals surface area contributed by atoms with E-state index in [9.17, 15) is 4.79 Å². The lowest BCUT2D eigenvalue weighted by Crippen LogP contribution is -2.45. The van der Waals surface area contributed by atoms with Crippen molar-refractivity contribution in [3.63, 3.8) is 0 Å². The summed E-state index contributed by atoms with van der Waals surface area (Å²) in [7, 11) is 0.105. The maximum absolute atomic E-state index is 11.7. The molecule has 0 aromatic rings. The van der Waals surface area contributed by atoms with Crippen molar-refractivity contribution in [1.29, 1.82) is 0 Å². The summed E-state index contributed by atoms with van der Waals surface area (Å²) in [4.78, 5) is 13.5. The van der Waals surface area contributed by atoms with E-state index in [-0.39, 0.29) is 23.0 Å². The SMILES string of the molecule is CC1C(=O)N(C)CC1O[Si](C)(C)C(C)(C)C. The minimum Gasteiger partial charge on any atom is -0.411 e.